The van der Waals surface area contributed by atoms with Gasteiger partial charge in [0.1, 0.15) is 0 Å². The average Bonchev–Trinajstić information content (AvgIpc) is 2.70. The summed E-state index contributed by atoms with van der Waals surface area (Å²) in [6, 6.07) is 0.831. The summed E-state index contributed by atoms with van der Waals surface area (Å²) in [5.74, 6) is 2.67. The molecule has 0 aromatic rings. The van der Waals surface area contributed by atoms with Crippen LogP contribution in [0.25, 0.3) is 0 Å². The second-order valence-electron chi connectivity index (χ2n) is 4.14. The van der Waals surface area contributed by atoms with E-state index in [1.807, 2.05) is 0 Å². The third-order valence-corrected chi connectivity index (χ3v) is 4.09. The van der Waals surface area contributed by atoms with E-state index in [1.54, 1.807) is 0 Å². The molecule has 1 N–H and O–H groups in total. The lowest BCUT2D eigenvalue weighted by Crippen LogP contribution is -2.32. The van der Waals surface area contributed by atoms with E-state index in [-0.39, 0.29) is 0 Å². The smallest absolute Gasteiger partial charge is 0.0431 e. The second kappa shape index (κ2) is 7.55. The van der Waals surface area contributed by atoms with Gasteiger partial charge in [-0.2, -0.15) is 11.8 Å². The van der Waals surface area contributed by atoms with Gasteiger partial charge in [0.25, 0.3) is 0 Å². The fraction of sp³-hybridized carbons (Fsp3) is 1.00. The number of nitrogens with zero attached hydrogens (tertiary/aromatic N) is 1. The fourth-order valence-electron chi connectivity index (χ4n) is 1.88. The monoisotopic (exact) mass is 217 g/mol. The van der Waals surface area contributed by atoms with Gasteiger partial charge >= 0.3 is 0 Å². The molecule has 1 rings (SSSR count). The number of aliphatic hydroxyl groups is 1. The van der Waals surface area contributed by atoms with Crippen LogP contribution in [0.15, 0.2) is 0 Å². The van der Waals surface area contributed by atoms with Crippen molar-refractivity contribution in [1.82, 2.24) is 4.90 Å². The predicted octanol–water partition coefficient (Wildman–Crippen LogP) is 1.98. The number of unbranched alkanes of at least 4 members (excludes halogenated alkanes) is 3. The first kappa shape index (κ1) is 12.3. The van der Waals surface area contributed by atoms with Gasteiger partial charge in [-0.05, 0) is 38.6 Å². The molecule has 3 heteroatoms. The van der Waals surface area contributed by atoms with Crippen LogP contribution >= 0.6 is 11.8 Å². The van der Waals surface area contributed by atoms with E-state index in [0.29, 0.717) is 6.61 Å². The molecule has 0 aromatic carbocycles. The van der Waals surface area contributed by atoms with Crippen molar-refractivity contribution in [2.24, 2.45) is 0 Å². The molecule has 1 heterocycles. The lowest BCUT2D eigenvalue weighted by Gasteiger charge is -2.23. The van der Waals surface area contributed by atoms with Gasteiger partial charge in [-0.1, -0.05) is 12.8 Å². The molecule has 1 unspecified atom stereocenters. The molecule has 1 aliphatic heterocycles. The number of rotatable bonds is 7. The lowest BCUT2D eigenvalue weighted by atomic mass is 10.1. The van der Waals surface area contributed by atoms with Crippen LogP contribution in [0.3, 0.4) is 0 Å². The molecule has 1 saturated heterocycles. The van der Waals surface area contributed by atoms with E-state index < -0.39 is 0 Å². The summed E-state index contributed by atoms with van der Waals surface area (Å²) in [4.78, 5) is 2.51. The van der Waals surface area contributed by atoms with Gasteiger partial charge in [-0.25, -0.2) is 0 Å². The number of hydrogen-bond donors (Lipinski definition) is 1. The zero-order valence-electron chi connectivity index (χ0n) is 9.24. The first-order chi connectivity index (χ1) is 6.84. The molecule has 0 aliphatic carbocycles. The Morgan fingerprint density at radius 1 is 1.29 bits per heavy atom. The molecule has 0 amide bonds. The summed E-state index contributed by atoms with van der Waals surface area (Å²) < 4.78 is 0. The Kier molecular flexibility index (Phi) is 6.65. The number of hydrogen-bond acceptors (Lipinski definition) is 3. The molecule has 1 atom stereocenters. The van der Waals surface area contributed by atoms with Crippen LogP contribution in [-0.4, -0.2) is 47.8 Å². The summed E-state index contributed by atoms with van der Waals surface area (Å²) in [7, 11) is 2.25. The Morgan fingerprint density at radius 2 is 2.07 bits per heavy atom. The highest BCUT2D eigenvalue weighted by Gasteiger charge is 2.18. The largest absolute Gasteiger partial charge is 0.396 e. The Hall–Kier alpha value is 0.270. The van der Waals surface area contributed by atoms with Crippen LogP contribution in [-0.2, 0) is 0 Å². The Morgan fingerprint density at radius 3 is 2.71 bits per heavy atom. The highest BCUT2D eigenvalue weighted by molar-refractivity contribution is 7.99. The van der Waals surface area contributed by atoms with Crippen molar-refractivity contribution in [3.8, 4) is 0 Å². The van der Waals surface area contributed by atoms with E-state index in [1.165, 1.54) is 43.7 Å². The van der Waals surface area contributed by atoms with Gasteiger partial charge < -0.3 is 10.0 Å². The van der Waals surface area contributed by atoms with Crippen molar-refractivity contribution >= 4 is 11.8 Å². The molecule has 0 saturated carbocycles. The van der Waals surface area contributed by atoms with Crippen LogP contribution in [0.4, 0.5) is 0 Å². The predicted molar refractivity (Wildman–Crippen MR) is 63.9 cm³/mol. The Labute approximate surface area is 92.1 Å². The molecule has 14 heavy (non-hydrogen) atoms. The van der Waals surface area contributed by atoms with Gasteiger partial charge in [0, 0.05) is 18.4 Å². The van der Waals surface area contributed by atoms with Crippen molar-refractivity contribution in [3.05, 3.63) is 0 Å². The van der Waals surface area contributed by atoms with Gasteiger partial charge in [0.15, 0.2) is 0 Å². The fourth-order valence-corrected chi connectivity index (χ4v) is 3.18. The third-order valence-electron chi connectivity index (χ3n) is 2.95. The average molecular weight is 217 g/mol. The van der Waals surface area contributed by atoms with Gasteiger partial charge in [0.2, 0.25) is 0 Å². The lowest BCUT2D eigenvalue weighted by molar-refractivity contribution is 0.251. The maximum absolute atomic E-state index is 8.63. The van der Waals surface area contributed by atoms with E-state index in [0.717, 1.165) is 12.5 Å². The highest BCUT2D eigenvalue weighted by atomic mass is 32.2. The first-order valence-corrected chi connectivity index (χ1v) is 6.89. The molecule has 1 aliphatic rings. The zero-order valence-corrected chi connectivity index (χ0v) is 10.1. The van der Waals surface area contributed by atoms with Crippen LogP contribution in [0, 0.1) is 0 Å². The second-order valence-corrected chi connectivity index (χ2v) is 5.29. The SMILES string of the molecule is CN(CCCCCCO)C1CCSC1. The summed E-state index contributed by atoms with van der Waals surface area (Å²) in [5, 5.41) is 8.63. The molecule has 0 radical (unpaired) electrons. The van der Waals surface area contributed by atoms with Crippen LogP contribution in [0.2, 0.25) is 0 Å². The van der Waals surface area contributed by atoms with Gasteiger partial charge in [0.05, 0.1) is 0 Å². The van der Waals surface area contributed by atoms with Crippen LogP contribution in [0.1, 0.15) is 32.1 Å². The van der Waals surface area contributed by atoms with Crippen molar-refractivity contribution in [2.75, 3.05) is 31.7 Å². The van der Waals surface area contributed by atoms with Crippen LogP contribution in [0.5, 0.6) is 0 Å². The Balaban J connectivity index is 1.94. The standard InChI is InChI=1S/C11H23NOS/c1-12(11-6-9-14-10-11)7-4-2-3-5-8-13/h11,13H,2-10H2,1H3. The summed E-state index contributed by atoms with van der Waals surface area (Å²) in [5.41, 5.74) is 0. The van der Waals surface area contributed by atoms with Crippen molar-refractivity contribution in [1.29, 1.82) is 0 Å². The number of aliphatic hydroxyl groups excluding tert-OH is 1. The first-order valence-electron chi connectivity index (χ1n) is 5.73. The molecule has 84 valence electrons. The molecule has 1 fully saturated rings. The van der Waals surface area contributed by atoms with E-state index >= 15 is 0 Å². The molecule has 0 aromatic heterocycles. The van der Waals surface area contributed by atoms with Crippen molar-refractivity contribution in [3.63, 3.8) is 0 Å². The maximum Gasteiger partial charge on any atom is 0.0431 e. The molecule has 0 bridgehead atoms. The topological polar surface area (TPSA) is 23.5 Å². The van der Waals surface area contributed by atoms with Gasteiger partial charge in [-0.15, -0.1) is 0 Å². The summed E-state index contributed by atoms with van der Waals surface area (Å²) in [6.45, 7) is 1.59. The normalized spacial score (nSPS) is 22.1. The molecule has 2 nitrogen and oxygen atoms in total. The molecular formula is C11H23NOS. The minimum absolute atomic E-state index is 0.356. The van der Waals surface area contributed by atoms with Crippen molar-refractivity contribution in [2.45, 2.75) is 38.1 Å². The number of thioether (sulfide) groups is 1. The quantitative estimate of drug-likeness (QED) is 0.660. The minimum Gasteiger partial charge on any atom is -0.396 e. The van der Waals surface area contributed by atoms with E-state index in [2.05, 4.69) is 23.7 Å². The molecular weight excluding hydrogens is 194 g/mol. The zero-order chi connectivity index (χ0) is 10.2. The maximum atomic E-state index is 8.63. The van der Waals surface area contributed by atoms with Gasteiger partial charge in [-0.3, -0.25) is 0 Å². The van der Waals surface area contributed by atoms with Crippen LogP contribution < -0.4 is 0 Å². The third kappa shape index (κ3) is 4.67. The summed E-state index contributed by atoms with van der Waals surface area (Å²) in [6.07, 6.45) is 6.09. The Bertz CT molecular complexity index is 137. The van der Waals surface area contributed by atoms with Crippen molar-refractivity contribution < 1.29 is 5.11 Å². The minimum atomic E-state index is 0.356. The van der Waals surface area contributed by atoms with E-state index in [9.17, 15) is 0 Å². The van der Waals surface area contributed by atoms with E-state index in [4.69, 9.17) is 5.11 Å². The summed E-state index contributed by atoms with van der Waals surface area (Å²) >= 11 is 2.08. The highest BCUT2D eigenvalue weighted by Crippen LogP contribution is 2.21. The molecule has 0 spiro atoms.